The molecule has 0 spiro atoms. The van der Waals surface area contributed by atoms with Gasteiger partial charge in [0.1, 0.15) is 5.39 Å². The van der Waals surface area contributed by atoms with Crippen LogP contribution < -0.4 is 10.9 Å². The topological polar surface area (TPSA) is 81.8 Å². The number of fused-ring (bicyclic) bond motifs is 2. The largest absolute Gasteiger partial charge is 0.323 e. The van der Waals surface area contributed by atoms with Crippen molar-refractivity contribution in [1.82, 2.24) is 19.3 Å². The molecule has 1 atom stereocenters. The molecule has 1 aliphatic rings. The summed E-state index contributed by atoms with van der Waals surface area (Å²) in [7, 11) is 0. The molecule has 1 aliphatic heterocycles. The van der Waals surface area contributed by atoms with Gasteiger partial charge in [-0.3, -0.25) is 14.2 Å². The van der Waals surface area contributed by atoms with E-state index in [4.69, 9.17) is 0 Å². The van der Waals surface area contributed by atoms with Crippen molar-refractivity contribution in [3.63, 3.8) is 0 Å². The number of thioether (sulfide) groups is 1. The van der Waals surface area contributed by atoms with Crippen molar-refractivity contribution in [3.8, 4) is 5.69 Å². The number of rotatable bonds is 4. The van der Waals surface area contributed by atoms with E-state index in [0.717, 1.165) is 17.8 Å². The molecule has 0 bridgehead atoms. The lowest BCUT2D eigenvalue weighted by molar-refractivity contribution is -0.116. The standard InChI is InChI=1S/C21H14F3N5O2S/c22-14-6-7-15(18(24)17(14)23)26-16(30)8-12-10-32-21-27-19-13(20(31)28(12)21)9-25-29(19)11-4-2-1-3-5-11/h1-7,9,12H,8,10H2,(H,26,30). The molecule has 4 aromatic rings. The van der Waals surface area contributed by atoms with Crippen molar-refractivity contribution >= 4 is 34.4 Å². The Labute approximate surface area is 182 Å². The number of halogens is 3. The van der Waals surface area contributed by atoms with Crippen LogP contribution in [0, 0.1) is 17.5 Å². The second-order valence-electron chi connectivity index (χ2n) is 7.14. The predicted octanol–water partition coefficient (Wildman–Crippen LogP) is 3.68. The summed E-state index contributed by atoms with van der Waals surface area (Å²) in [6.45, 7) is 0. The van der Waals surface area contributed by atoms with Crippen LogP contribution >= 0.6 is 11.8 Å². The smallest absolute Gasteiger partial charge is 0.265 e. The van der Waals surface area contributed by atoms with Gasteiger partial charge in [0.25, 0.3) is 5.56 Å². The maximum atomic E-state index is 13.8. The van der Waals surface area contributed by atoms with Crippen molar-refractivity contribution in [3.05, 3.63) is 76.5 Å². The van der Waals surface area contributed by atoms with Gasteiger partial charge in [-0.2, -0.15) is 5.10 Å². The molecule has 0 saturated carbocycles. The van der Waals surface area contributed by atoms with Crippen LogP contribution in [0.15, 0.2) is 58.6 Å². The number of para-hydroxylation sites is 1. The van der Waals surface area contributed by atoms with Gasteiger partial charge in [-0.15, -0.1) is 0 Å². The van der Waals surface area contributed by atoms with Gasteiger partial charge in [-0.25, -0.2) is 22.8 Å². The van der Waals surface area contributed by atoms with Crippen LogP contribution in [0.5, 0.6) is 0 Å². The first-order valence-electron chi connectivity index (χ1n) is 9.56. The van der Waals surface area contributed by atoms with Crippen LogP contribution in [0.25, 0.3) is 16.7 Å². The van der Waals surface area contributed by atoms with E-state index in [-0.39, 0.29) is 12.0 Å². The lowest BCUT2D eigenvalue weighted by atomic mass is 10.2. The van der Waals surface area contributed by atoms with E-state index in [1.54, 1.807) is 4.68 Å². The molecule has 2 aromatic carbocycles. The van der Waals surface area contributed by atoms with Crippen LogP contribution in [0.1, 0.15) is 12.5 Å². The van der Waals surface area contributed by atoms with Gasteiger partial charge < -0.3 is 5.32 Å². The Kier molecular flexibility index (Phi) is 4.97. The third-order valence-electron chi connectivity index (χ3n) is 5.10. The molecule has 5 rings (SSSR count). The summed E-state index contributed by atoms with van der Waals surface area (Å²) in [6.07, 6.45) is 1.26. The monoisotopic (exact) mass is 457 g/mol. The van der Waals surface area contributed by atoms with Gasteiger partial charge in [0, 0.05) is 12.2 Å². The number of hydrogen-bond acceptors (Lipinski definition) is 5. The van der Waals surface area contributed by atoms with E-state index in [0.29, 0.717) is 21.9 Å². The number of aromatic nitrogens is 4. The van der Waals surface area contributed by atoms with E-state index >= 15 is 0 Å². The third kappa shape index (κ3) is 3.34. The Bertz CT molecular complexity index is 1420. The number of nitrogens with zero attached hydrogens (tertiary/aromatic N) is 4. The SMILES string of the molecule is O=C(CC1CSc2nc3c(cnn3-c3ccccc3)c(=O)n21)Nc1ccc(F)c(F)c1F. The number of anilines is 1. The van der Waals surface area contributed by atoms with Crippen molar-refractivity contribution in [1.29, 1.82) is 0 Å². The van der Waals surface area contributed by atoms with Crippen molar-refractivity contribution in [2.75, 3.05) is 11.1 Å². The third-order valence-corrected chi connectivity index (χ3v) is 6.20. The highest BCUT2D eigenvalue weighted by atomic mass is 32.2. The minimum atomic E-state index is -1.66. The summed E-state index contributed by atoms with van der Waals surface area (Å²) in [5.41, 5.74) is 0.361. The lowest BCUT2D eigenvalue weighted by Gasteiger charge is -2.14. The van der Waals surface area contributed by atoms with E-state index in [1.165, 1.54) is 22.5 Å². The van der Waals surface area contributed by atoms with E-state index < -0.39 is 35.1 Å². The van der Waals surface area contributed by atoms with Crippen LogP contribution in [-0.2, 0) is 4.79 Å². The fraction of sp³-hybridized carbons (Fsp3) is 0.143. The summed E-state index contributed by atoms with van der Waals surface area (Å²) >= 11 is 1.32. The molecule has 0 fully saturated rings. The van der Waals surface area contributed by atoms with E-state index in [9.17, 15) is 22.8 Å². The van der Waals surface area contributed by atoms with E-state index in [2.05, 4.69) is 15.4 Å². The van der Waals surface area contributed by atoms with Gasteiger partial charge in [0.05, 0.1) is 23.6 Å². The number of benzene rings is 2. The van der Waals surface area contributed by atoms with Gasteiger partial charge >= 0.3 is 0 Å². The van der Waals surface area contributed by atoms with Crippen LogP contribution in [0.2, 0.25) is 0 Å². The molecule has 3 heterocycles. The normalized spacial score (nSPS) is 15.2. The highest BCUT2D eigenvalue weighted by Crippen LogP contribution is 2.33. The minimum Gasteiger partial charge on any atom is -0.323 e. The molecule has 11 heteroatoms. The second kappa shape index (κ2) is 7.83. The molecule has 1 N–H and O–H groups in total. The van der Waals surface area contributed by atoms with Gasteiger partial charge in [-0.05, 0) is 24.3 Å². The zero-order chi connectivity index (χ0) is 22.4. The lowest BCUT2D eigenvalue weighted by Crippen LogP contribution is -2.28. The van der Waals surface area contributed by atoms with Crippen molar-refractivity contribution in [2.24, 2.45) is 0 Å². The number of carbonyl (C=O) groups excluding carboxylic acids is 1. The van der Waals surface area contributed by atoms with Gasteiger partial charge in [0.15, 0.2) is 28.3 Å². The van der Waals surface area contributed by atoms with Crippen LogP contribution in [0.4, 0.5) is 18.9 Å². The maximum Gasteiger partial charge on any atom is 0.265 e. The average molecular weight is 457 g/mol. The summed E-state index contributed by atoms with van der Waals surface area (Å²) in [6, 6.07) is 10.4. The Morgan fingerprint density at radius 3 is 2.69 bits per heavy atom. The Morgan fingerprint density at radius 2 is 1.91 bits per heavy atom. The quantitative estimate of drug-likeness (QED) is 0.374. The molecule has 162 valence electrons. The fourth-order valence-corrected chi connectivity index (χ4v) is 4.71. The molecular formula is C21H14F3N5O2S. The second-order valence-corrected chi connectivity index (χ2v) is 8.13. The first-order chi connectivity index (χ1) is 15.4. The molecule has 0 aliphatic carbocycles. The molecule has 0 saturated heterocycles. The number of carbonyl (C=O) groups is 1. The molecule has 1 unspecified atom stereocenters. The Morgan fingerprint density at radius 1 is 1.12 bits per heavy atom. The van der Waals surface area contributed by atoms with Crippen LogP contribution in [-0.4, -0.2) is 31.0 Å². The molecule has 2 aromatic heterocycles. The number of nitrogens with one attached hydrogen (secondary N) is 1. The number of hydrogen-bond donors (Lipinski definition) is 1. The predicted molar refractivity (Wildman–Crippen MR) is 112 cm³/mol. The first-order valence-corrected chi connectivity index (χ1v) is 10.5. The highest BCUT2D eigenvalue weighted by Gasteiger charge is 2.30. The van der Waals surface area contributed by atoms with Gasteiger partial charge in [-0.1, -0.05) is 30.0 Å². The molecule has 7 nitrogen and oxygen atoms in total. The fourth-order valence-electron chi connectivity index (χ4n) is 3.58. The minimum absolute atomic E-state index is 0.168. The summed E-state index contributed by atoms with van der Waals surface area (Å²) < 4.78 is 43.3. The zero-order valence-electron chi connectivity index (χ0n) is 16.3. The van der Waals surface area contributed by atoms with Gasteiger partial charge in [0.2, 0.25) is 5.91 Å². The molecule has 1 amide bonds. The number of amides is 1. The Hall–Kier alpha value is -3.60. The average Bonchev–Trinajstić information content (AvgIpc) is 3.40. The highest BCUT2D eigenvalue weighted by molar-refractivity contribution is 7.99. The molecule has 32 heavy (non-hydrogen) atoms. The maximum absolute atomic E-state index is 13.8. The summed E-state index contributed by atoms with van der Waals surface area (Å²) in [5, 5.41) is 7.26. The van der Waals surface area contributed by atoms with Crippen LogP contribution in [0.3, 0.4) is 0 Å². The zero-order valence-corrected chi connectivity index (χ0v) is 17.1. The molecular weight excluding hydrogens is 443 g/mol. The first kappa shape index (κ1) is 20.3. The van der Waals surface area contributed by atoms with Crippen molar-refractivity contribution in [2.45, 2.75) is 17.6 Å². The summed E-state index contributed by atoms with van der Waals surface area (Å²) in [4.78, 5) is 30.1. The molecule has 0 radical (unpaired) electrons. The Balaban J connectivity index is 1.43. The summed E-state index contributed by atoms with van der Waals surface area (Å²) in [5.74, 6) is -4.72. The van der Waals surface area contributed by atoms with E-state index in [1.807, 2.05) is 30.3 Å². The van der Waals surface area contributed by atoms with Crippen molar-refractivity contribution < 1.29 is 18.0 Å².